The predicted molar refractivity (Wildman–Crippen MR) is 116 cm³/mol. The lowest BCUT2D eigenvalue weighted by molar-refractivity contribution is 0.265. The molecule has 1 aliphatic heterocycles. The fraction of sp³-hybridized carbons (Fsp3) is 0.909. The lowest BCUT2D eigenvalue weighted by Gasteiger charge is -2.22. The zero-order chi connectivity index (χ0) is 18.2. The molecule has 2 nitrogen and oxygen atoms in total. The molecule has 1 N–H and O–H groups in total. The lowest BCUT2D eigenvalue weighted by atomic mass is 10.0. The summed E-state index contributed by atoms with van der Waals surface area (Å²) in [7, 11) is 0. The van der Waals surface area contributed by atoms with Gasteiger partial charge in [-0.1, -0.05) is 119 Å². The second-order valence-electron chi connectivity index (χ2n) is 8.00. The highest BCUT2D eigenvalue weighted by Crippen LogP contribution is 2.21. The second-order valence-corrected chi connectivity index (χ2v) is 9.65. The molecule has 0 radical (unpaired) electrons. The molecule has 1 rings (SSSR count). The average Bonchev–Trinajstić information content (AvgIpc) is 2.93. The number of hydrogen-bond acceptors (Lipinski definition) is 2. The summed E-state index contributed by atoms with van der Waals surface area (Å²) in [4.78, 5) is 0. The molecular formula is C22H43BrN2. The van der Waals surface area contributed by atoms with Gasteiger partial charge in [0.2, 0.25) is 0 Å². The van der Waals surface area contributed by atoms with Crippen LogP contribution in [0.1, 0.15) is 117 Å². The Hall–Kier alpha value is -0.0200. The van der Waals surface area contributed by atoms with E-state index in [9.17, 15) is 0 Å². The molecule has 0 bridgehead atoms. The maximum absolute atomic E-state index is 3.63. The fourth-order valence-corrected chi connectivity index (χ4v) is 3.89. The molecule has 0 amide bonds. The smallest absolute Gasteiger partial charge is 0.109 e. The molecule has 148 valence electrons. The van der Waals surface area contributed by atoms with E-state index < -0.39 is 0 Å². The summed E-state index contributed by atoms with van der Waals surface area (Å²) in [5, 5.41) is 2.21. The van der Waals surface area contributed by atoms with Crippen molar-refractivity contribution < 1.29 is 0 Å². The summed E-state index contributed by atoms with van der Waals surface area (Å²) in [6.45, 7) is 5.55. The highest BCUT2D eigenvalue weighted by Gasteiger charge is 2.23. The summed E-state index contributed by atoms with van der Waals surface area (Å²) in [5.74, 6) is 0. The fourth-order valence-electron chi connectivity index (χ4n) is 3.55. The van der Waals surface area contributed by atoms with E-state index in [2.05, 4.69) is 52.5 Å². The van der Waals surface area contributed by atoms with Gasteiger partial charge < -0.3 is 5.01 Å². The van der Waals surface area contributed by atoms with Crippen molar-refractivity contribution in [3.8, 4) is 0 Å². The van der Waals surface area contributed by atoms with Gasteiger partial charge in [-0.25, -0.2) is 5.43 Å². The van der Waals surface area contributed by atoms with E-state index in [1.165, 1.54) is 103 Å². The van der Waals surface area contributed by atoms with Crippen LogP contribution in [0.15, 0.2) is 12.3 Å². The Morgan fingerprint density at radius 1 is 0.720 bits per heavy atom. The number of halogens is 1. The van der Waals surface area contributed by atoms with E-state index in [1.807, 2.05) is 0 Å². The molecule has 1 atom stereocenters. The maximum Gasteiger partial charge on any atom is 0.109 e. The number of rotatable bonds is 17. The maximum atomic E-state index is 3.63. The van der Waals surface area contributed by atoms with E-state index in [4.69, 9.17) is 0 Å². The van der Waals surface area contributed by atoms with E-state index in [1.54, 1.807) is 0 Å². The van der Waals surface area contributed by atoms with Crippen molar-refractivity contribution in [2.24, 2.45) is 0 Å². The average molecular weight is 416 g/mol. The molecule has 0 aromatic carbocycles. The molecule has 0 spiro atoms. The van der Waals surface area contributed by atoms with Gasteiger partial charge in [-0.05, 0) is 19.4 Å². The van der Waals surface area contributed by atoms with Gasteiger partial charge in [0.1, 0.15) is 4.45 Å². The number of hydrazine groups is 1. The molecule has 0 fully saturated rings. The molecule has 0 aromatic heterocycles. The highest BCUT2D eigenvalue weighted by molar-refractivity contribution is 9.10. The lowest BCUT2D eigenvalue weighted by Crippen LogP contribution is -2.40. The summed E-state index contributed by atoms with van der Waals surface area (Å²) in [6.07, 6.45) is 27.2. The Balaban J connectivity index is 1.70. The summed E-state index contributed by atoms with van der Waals surface area (Å²) >= 11 is 3.63. The third kappa shape index (κ3) is 13.8. The van der Waals surface area contributed by atoms with Crippen molar-refractivity contribution >= 4 is 15.9 Å². The molecule has 3 heteroatoms. The minimum absolute atomic E-state index is 0.0396. The van der Waals surface area contributed by atoms with E-state index in [0.717, 1.165) is 6.54 Å². The first-order valence-corrected chi connectivity index (χ1v) is 11.9. The molecule has 0 aromatic rings. The number of alkyl halides is 1. The Morgan fingerprint density at radius 2 is 1.12 bits per heavy atom. The summed E-state index contributed by atoms with van der Waals surface area (Å²) < 4.78 is -0.0396. The Kier molecular flexibility index (Phi) is 13.9. The van der Waals surface area contributed by atoms with E-state index >= 15 is 0 Å². The van der Waals surface area contributed by atoms with Crippen LogP contribution in [-0.4, -0.2) is 16.0 Å². The van der Waals surface area contributed by atoms with Crippen LogP contribution in [0.5, 0.6) is 0 Å². The van der Waals surface area contributed by atoms with Crippen LogP contribution in [0.2, 0.25) is 0 Å². The van der Waals surface area contributed by atoms with E-state index in [-0.39, 0.29) is 4.45 Å². The zero-order valence-corrected chi connectivity index (χ0v) is 18.6. The minimum atomic E-state index is -0.0396. The van der Waals surface area contributed by atoms with Crippen molar-refractivity contribution in [1.82, 2.24) is 10.4 Å². The van der Waals surface area contributed by atoms with Crippen LogP contribution in [-0.2, 0) is 0 Å². The van der Waals surface area contributed by atoms with Crippen LogP contribution in [0.4, 0.5) is 0 Å². The van der Waals surface area contributed by atoms with Gasteiger partial charge in [-0.3, -0.25) is 0 Å². The normalized spacial score (nSPS) is 19.9. The second kappa shape index (κ2) is 15.1. The predicted octanol–water partition coefficient (Wildman–Crippen LogP) is 7.69. The summed E-state index contributed by atoms with van der Waals surface area (Å²) in [5.41, 5.74) is 3.42. The molecule has 1 unspecified atom stereocenters. The number of hydrogen-bond donors (Lipinski definition) is 1. The van der Waals surface area contributed by atoms with Crippen molar-refractivity contribution in [1.29, 1.82) is 0 Å². The molecule has 25 heavy (non-hydrogen) atoms. The van der Waals surface area contributed by atoms with Crippen LogP contribution in [0, 0.1) is 0 Å². The van der Waals surface area contributed by atoms with Crippen molar-refractivity contribution in [3.05, 3.63) is 12.3 Å². The van der Waals surface area contributed by atoms with Gasteiger partial charge in [-0.15, -0.1) is 0 Å². The van der Waals surface area contributed by atoms with Crippen molar-refractivity contribution in [2.75, 3.05) is 6.54 Å². The third-order valence-electron chi connectivity index (χ3n) is 5.18. The molecular weight excluding hydrogens is 372 g/mol. The van der Waals surface area contributed by atoms with Gasteiger partial charge in [0.05, 0.1) is 0 Å². The van der Waals surface area contributed by atoms with Crippen molar-refractivity contribution in [3.63, 3.8) is 0 Å². The SMILES string of the molecule is CCCCCCCCCCCCCCCCCCN1C=CC(C)(Br)N1. The molecule has 0 saturated heterocycles. The minimum Gasteiger partial charge on any atom is -0.314 e. The number of nitrogens with one attached hydrogen (secondary N) is 1. The molecule has 1 heterocycles. The first-order chi connectivity index (χ1) is 12.1. The monoisotopic (exact) mass is 414 g/mol. The largest absolute Gasteiger partial charge is 0.314 e. The zero-order valence-electron chi connectivity index (χ0n) is 17.0. The Morgan fingerprint density at radius 3 is 1.48 bits per heavy atom. The van der Waals surface area contributed by atoms with Gasteiger partial charge in [0.15, 0.2) is 0 Å². The third-order valence-corrected chi connectivity index (χ3v) is 5.62. The van der Waals surface area contributed by atoms with Crippen LogP contribution in [0.25, 0.3) is 0 Å². The highest BCUT2D eigenvalue weighted by atomic mass is 79.9. The first-order valence-electron chi connectivity index (χ1n) is 11.1. The van der Waals surface area contributed by atoms with Gasteiger partial charge in [0.25, 0.3) is 0 Å². The van der Waals surface area contributed by atoms with Crippen LogP contribution >= 0.6 is 15.9 Å². The van der Waals surface area contributed by atoms with Crippen molar-refractivity contribution in [2.45, 2.75) is 121 Å². The van der Waals surface area contributed by atoms with Gasteiger partial charge in [0, 0.05) is 12.7 Å². The Bertz CT molecular complexity index is 328. The standard InChI is InChI=1S/C22H43BrN2/c1-3-4-5-6-7-8-9-10-11-12-13-14-15-16-17-18-20-25-21-19-22(2,23)24-25/h19,21,24H,3-18,20H2,1-2H3. The molecule has 1 aliphatic rings. The topological polar surface area (TPSA) is 15.3 Å². The van der Waals surface area contributed by atoms with Gasteiger partial charge >= 0.3 is 0 Å². The summed E-state index contributed by atoms with van der Waals surface area (Å²) in [6, 6.07) is 0. The number of nitrogens with zero attached hydrogens (tertiary/aromatic N) is 1. The molecule has 0 aliphatic carbocycles. The first kappa shape index (κ1) is 23.0. The Labute approximate surface area is 166 Å². The van der Waals surface area contributed by atoms with Gasteiger partial charge in [-0.2, -0.15) is 0 Å². The van der Waals surface area contributed by atoms with Crippen LogP contribution in [0.3, 0.4) is 0 Å². The van der Waals surface area contributed by atoms with Crippen LogP contribution < -0.4 is 5.43 Å². The number of unbranched alkanes of at least 4 members (excludes halogenated alkanes) is 15. The molecule has 0 saturated carbocycles. The quantitative estimate of drug-likeness (QED) is 0.149. The van der Waals surface area contributed by atoms with E-state index in [0.29, 0.717) is 0 Å².